The van der Waals surface area contributed by atoms with Gasteiger partial charge in [-0.1, -0.05) is 24.1 Å². The molecule has 7 heteroatoms. The summed E-state index contributed by atoms with van der Waals surface area (Å²) >= 11 is 0. The molecule has 24 heavy (non-hydrogen) atoms. The van der Waals surface area contributed by atoms with E-state index in [1.807, 2.05) is 6.92 Å². The molecule has 0 spiro atoms. The Morgan fingerprint density at radius 3 is 2.46 bits per heavy atom. The van der Waals surface area contributed by atoms with Crippen molar-refractivity contribution in [3.05, 3.63) is 35.4 Å². The Kier molecular flexibility index (Phi) is 5.85. The molecule has 1 aliphatic rings. The molecule has 1 aromatic rings. The Morgan fingerprint density at radius 1 is 1.17 bits per heavy atom. The van der Waals surface area contributed by atoms with Gasteiger partial charge in [0, 0.05) is 11.6 Å². The highest BCUT2D eigenvalue weighted by Gasteiger charge is 2.42. The van der Waals surface area contributed by atoms with Gasteiger partial charge in [-0.15, -0.1) is 0 Å². The molecule has 132 valence electrons. The normalized spacial score (nSPS) is 21.2. The summed E-state index contributed by atoms with van der Waals surface area (Å²) in [5.41, 5.74) is 1.45. The number of amides is 2. The zero-order valence-corrected chi connectivity index (χ0v) is 13.5. The van der Waals surface area contributed by atoms with Gasteiger partial charge >= 0.3 is 6.18 Å². The summed E-state index contributed by atoms with van der Waals surface area (Å²) in [6.07, 6.45) is -3.24. The molecule has 0 heterocycles. The maximum atomic E-state index is 12.8. The predicted octanol–water partition coefficient (Wildman–Crippen LogP) is 2.96. The fourth-order valence-corrected chi connectivity index (χ4v) is 2.86. The molecule has 1 saturated carbocycles. The molecule has 4 nitrogen and oxygen atoms in total. The minimum Gasteiger partial charge on any atom is -0.352 e. The van der Waals surface area contributed by atoms with Crippen molar-refractivity contribution in [1.82, 2.24) is 10.6 Å². The van der Waals surface area contributed by atoms with Crippen molar-refractivity contribution in [3.8, 4) is 0 Å². The monoisotopic (exact) mass is 342 g/mol. The van der Waals surface area contributed by atoms with Crippen molar-refractivity contribution in [2.24, 2.45) is 5.92 Å². The molecule has 0 radical (unpaired) electrons. The number of hydrogen-bond donors (Lipinski definition) is 2. The first-order chi connectivity index (χ1) is 11.3. The van der Waals surface area contributed by atoms with E-state index in [0.29, 0.717) is 18.4 Å². The van der Waals surface area contributed by atoms with Gasteiger partial charge in [-0.25, -0.2) is 0 Å². The largest absolute Gasteiger partial charge is 0.391 e. The zero-order chi connectivity index (χ0) is 17.7. The summed E-state index contributed by atoms with van der Waals surface area (Å²) in [7, 11) is 0. The highest BCUT2D eigenvalue weighted by atomic mass is 19.4. The fraction of sp³-hybridized carbons (Fsp3) is 0.529. The van der Waals surface area contributed by atoms with Crippen molar-refractivity contribution < 1.29 is 22.8 Å². The highest BCUT2D eigenvalue weighted by Crippen LogP contribution is 2.37. The van der Waals surface area contributed by atoms with E-state index in [9.17, 15) is 22.8 Å². The summed E-state index contributed by atoms with van der Waals surface area (Å²) in [6.45, 7) is 1.65. The lowest BCUT2D eigenvalue weighted by molar-refractivity contribution is -0.184. The van der Waals surface area contributed by atoms with E-state index in [1.54, 1.807) is 24.3 Å². The molecular formula is C17H21F3N2O2. The fourth-order valence-electron chi connectivity index (χ4n) is 2.86. The summed E-state index contributed by atoms with van der Waals surface area (Å²) in [4.78, 5) is 23.7. The topological polar surface area (TPSA) is 58.2 Å². The first-order valence-corrected chi connectivity index (χ1v) is 7.96. The summed E-state index contributed by atoms with van der Waals surface area (Å²) in [5, 5.41) is 5.06. The van der Waals surface area contributed by atoms with Gasteiger partial charge in [0.2, 0.25) is 5.91 Å². The minimum absolute atomic E-state index is 0.0961. The van der Waals surface area contributed by atoms with Crippen molar-refractivity contribution in [3.63, 3.8) is 0 Å². The van der Waals surface area contributed by atoms with Crippen LogP contribution in [0.2, 0.25) is 0 Å². The second kappa shape index (κ2) is 7.68. The molecule has 0 aromatic heterocycles. The number of alkyl halides is 3. The average molecular weight is 342 g/mol. The lowest BCUT2D eigenvalue weighted by atomic mass is 9.85. The number of rotatable bonds is 4. The standard InChI is InChI=1S/C17H21F3N2O2/c1-11-5-7-12(8-6-11)16(24)21-10-15(23)22-14-4-2-3-13(9-14)17(18,19)20/h5-8,13-14H,2-4,9-10H2,1H3,(H,21,24)(H,22,23)/t13-,14+/m0/s1. The second-order valence-corrected chi connectivity index (χ2v) is 6.22. The van der Waals surface area contributed by atoms with Crippen LogP contribution in [0.25, 0.3) is 0 Å². The van der Waals surface area contributed by atoms with Gasteiger partial charge in [-0.2, -0.15) is 13.2 Å². The quantitative estimate of drug-likeness (QED) is 0.884. The molecular weight excluding hydrogens is 321 g/mol. The van der Waals surface area contributed by atoms with Gasteiger partial charge in [-0.05, 0) is 38.3 Å². The van der Waals surface area contributed by atoms with Gasteiger partial charge < -0.3 is 10.6 Å². The lowest BCUT2D eigenvalue weighted by Gasteiger charge is -2.31. The lowest BCUT2D eigenvalue weighted by Crippen LogP contribution is -2.45. The number of aryl methyl sites for hydroxylation is 1. The van der Waals surface area contributed by atoms with Crippen LogP contribution in [0.15, 0.2) is 24.3 Å². The summed E-state index contributed by atoms with van der Waals surface area (Å²) < 4.78 is 38.3. The number of hydrogen-bond acceptors (Lipinski definition) is 2. The second-order valence-electron chi connectivity index (χ2n) is 6.22. The van der Waals surface area contributed by atoms with E-state index in [4.69, 9.17) is 0 Å². The first-order valence-electron chi connectivity index (χ1n) is 7.96. The van der Waals surface area contributed by atoms with Crippen LogP contribution in [-0.2, 0) is 4.79 Å². The van der Waals surface area contributed by atoms with Crippen LogP contribution in [-0.4, -0.2) is 30.6 Å². The van der Waals surface area contributed by atoms with Crippen LogP contribution < -0.4 is 10.6 Å². The number of carbonyl (C=O) groups excluding carboxylic acids is 2. The molecule has 0 unspecified atom stereocenters. The Hall–Kier alpha value is -2.05. The van der Waals surface area contributed by atoms with Gasteiger partial charge in [0.15, 0.2) is 0 Å². The number of halogens is 3. The number of nitrogens with one attached hydrogen (secondary N) is 2. The van der Waals surface area contributed by atoms with Gasteiger partial charge in [0.05, 0.1) is 12.5 Å². The number of benzene rings is 1. The van der Waals surface area contributed by atoms with Crippen LogP contribution in [0, 0.1) is 12.8 Å². The van der Waals surface area contributed by atoms with E-state index >= 15 is 0 Å². The van der Waals surface area contributed by atoms with Gasteiger partial charge in [-0.3, -0.25) is 9.59 Å². The van der Waals surface area contributed by atoms with Crippen molar-refractivity contribution in [2.75, 3.05) is 6.54 Å². The third-order valence-electron chi connectivity index (χ3n) is 4.23. The van der Waals surface area contributed by atoms with E-state index in [1.165, 1.54) is 0 Å². The third kappa shape index (κ3) is 5.25. The summed E-state index contributed by atoms with van der Waals surface area (Å²) in [5.74, 6) is -2.22. The Bertz CT molecular complexity index is 584. The molecule has 2 N–H and O–H groups in total. The van der Waals surface area contributed by atoms with Crippen LogP contribution >= 0.6 is 0 Å². The van der Waals surface area contributed by atoms with Gasteiger partial charge in [0.25, 0.3) is 5.91 Å². The number of carbonyl (C=O) groups is 2. The molecule has 0 aliphatic heterocycles. The van der Waals surface area contributed by atoms with E-state index in [2.05, 4.69) is 10.6 Å². The SMILES string of the molecule is Cc1ccc(C(=O)NCC(=O)N[C@@H]2CCC[C@H](C(F)(F)F)C2)cc1. The van der Waals surface area contributed by atoms with Crippen LogP contribution in [0.1, 0.15) is 41.6 Å². The molecule has 2 rings (SSSR count). The maximum absolute atomic E-state index is 12.8. The Morgan fingerprint density at radius 2 is 1.83 bits per heavy atom. The predicted molar refractivity (Wildman–Crippen MR) is 83.5 cm³/mol. The van der Waals surface area contributed by atoms with Crippen LogP contribution in [0.4, 0.5) is 13.2 Å². The van der Waals surface area contributed by atoms with Crippen LogP contribution in [0.5, 0.6) is 0 Å². The van der Waals surface area contributed by atoms with Gasteiger partial charge in [0.1, 0.15) is 0 Å². The average Bonchev–Trinajstić information content (AvgIpc) is 2.53. The molecule has 1 aromatic carbocycles. The Balaban J connectivity index is 1.78. The van der Waals surface area contributed by atoms with E-state index in [0.717, 1.165) is 5.56 Å². The smallest absolute Gasteiger partial charge is 0.352 e. The molecule has 0 saturated heterocycles. The third-order valence-corrected chi connectivity index (χ3v) is 4.23. The van der Waals surface area contributed by atoms with E-state index < -0.39 is 24.0 Å². The Labute approximate surface area is 138 Å². The summed E-state index contributed by atoms with van der Waals surface area (Å²) in [6, 6.07) is 6.38. The molecule has 2 atom stereocenters. The molecule has 1 fully saturated rings. The molecule has 1 aliphatic carbocycles. The molecule has 0 bridgehead atoms. The minimum atomic E-state index is -4.22. The van der Waals surface area contributed by atoms with Crippen molar-refractivity contribution in [1.29, 1.82) is 0 Å². The highest BCUT2D eigenvalue weighted by molar-refractivity contribution is 5.96. The van der Waals surface area contributed by atoms with E-state index in [-0.39, 0.29) is 25.3 Å². The van der Waals surface area contributed by atoms with Crippen LogP contribution in [0.3, 0.4) is 0 Å². The van der Waals surface area contributed by atoms with Crippen molar-refractivity contribution >= 4 is 11.8 Å². The first kappa shape index (κ1) is 18.3. The molecule has 2 amide bonds. The zero-order valence-electron chi connectivity index (χ0n) is 13.5. The van der Waals surface area contributed by atoms with Crippen molar-refractivity contribution in [2.45, 2.75) is 44.8 Å². The maximum Gasteiger partial charge on any atom is 0.391 e.